The summed E-state index contributed by atoms with van der Waals surface area (Å²) in [5.41, 5.74) is 3.24. The summed E-state index contributed by atoms with van der Waals surface area (Å²) in [6, 6.07) is 12.0. The molecule has 1 aliphatic rings. The lowest BCUT2D eigenvalue weighted by Crippen LogP contribution is -2.52. The van der Waals surface area contributed by atoms with E-state index in [1.807, 2.05) is 70.2 Å². The number of para-hydroxylation sites is 1. The zero-order valence-electron chi connectivity index (χ0n) is 22.0. The van der Waals surface area contributed by atoms with Gasteiger partial charge < -0.3 is 15.1 Å². The minimum Gasteiger partial charge on any atom is -0.451 e. The van der Waals surface area contributed by atoms with Gasteiger partial charge in [-0.25, -0.2) is 0 Å². The molecule has 2 amide bonds. The fraction of sp³-hybridized carbons (Fsp3) is 0.448. The van der Waals surface area contributed by atoms with Gasteiger partial charge in [0.05, 0.1) is 18.3 Å². The number of hydrogen-bond donors (Lipinski definition) is 2. The summed E-state index contributed by atoms with van der Waals surface area (Å²) in [4.78, 5) is 46.1. The monoisotopic (exact) mass is 504 g/mol. The second-order valence-corrected chi connectivity index (χ2v) is 10.4. The highest BCUT2D eigenvalue weighted by atomic mass is 16.3. The van der Waals surface area contributed by atoms with E-state index in [1.165, 1.54) is 0 Å². The Morgan fingerprint density at radius 3 is 2.65 bits per heavy atom. The van der Waals surface area contributed by atoms with E-state index in [0.29, 0.717) is 25.0 Å². The van der Waals surface area contributed by atoms with Gasteiger partial charge in [0, 0.05) is 23.2 Å². The van der Waals surface area contributed by atoms with Crippen molar-refractivity contribution in [1.29, 1.82) is 0 Å². The SMILES string of the molecule is Cc1cccc(CN2CCC[C@H](NC(=O)C(CC(C)C)NC(=O)c3oc4ccccc4c3C)C(=O)C2)n1. The number of furan rings is 1. The molecule has 0 radical (unpaired) electrons. The zero-order chi connectivity index (χ0) is 26.5. The maximum atomic E-state index is 13.3. The quantitative estimate of drug-likeness (QED) is 0.482. The van der Waals surface area contributed by atoms with Crippen molar-refractivity contribution in [2.24, 2.45) is 5.92 Å². The molecule has 37 heavy (non-hydrogen) atoms. The van der Waals surface area contributed by atoms with Crippen LogP contribution in [0.4, 0.5) is 0 Å². The first kappa shape index (κ1) is 26.5. The molecule has 0 bridgehead atoms. The van der Waals surface area contributed by atoms with E-state index in [0.717, 1.165) is 35.3 Å². The number of hydrogen-bond acceptors (Lipinski definition) is 6. The number of fused-ring (bicyclic) bond motifs is 1. The number of nitrogens with zero attached hydrogens (tertiary/aromatic N) is 2. The molecule has 3 aromatic rings. The highest BCUT2D eigenvalue weighted by Crippen LogP contribution is 2.25. The third kappa shape index (κ3) is 6.63. The highest BCUT2D eigenvalue weighted by Gasteiger charge is 2.31. The lowest BCUT2D eigenvalue weighted by Gasteiger charge is -2.23. The van der Waals surface area contributed by atoms with Crippen LogP contribution in [0.2, 0.25) is 0 Å². The van der Waals surface area contributed by atoms with Crippen molar-refractivity contribution < 1.29 is 18.8 Å². The average molecular weight is 505 g/mol. The van der Waals surface area contributed by atoms with Crippen LogP contribution in [-0.2, 0) is 16.1 Å². The highest BCUT2D eigenvalue weighted by molar-refractivity contribution is 6.01. The Morgan fingerprint density at radius 2 is 1.92 bits per heavy atom. The van der Waals surface area contributed by atoms with Gasteiger partial charge in [-0.1, -0.05) is 38.1 Å². The maximum absolute atomic E-state index is 13.3. The van der Waals surface area contributed by atoms with Crippen LogP contribution < -0.4 is 10.6 Å². The van der Waals surface area contributed by atoms with Gasteiger partial charge in [-0.2, -0.15) is 0 Å². The van der Waals surface area contributed by atoms with Crippen LogP contribution >= 0.6 is 0 Å². The maximum Gasteiger partial charge on any atom is 0.287 e. The third-order valence-electron chi connectivity index (χ3n) is 6.76. The van der Waals surface area contributed by atoms with Crippen molar-refractivity contribution in [1.82, 2.24) is 20.5 Å². The molecule has 0 aliphatic carbocycles. The Morgan fingerprint density at radius 1 is 1.14 bits per heavy atom. The molecule has 0 spiro atoms. The number of aromatic nitrogens is 1. The molecule has 1 saturated heterocycles. The first-order valence-electron chi connectivity index (χ1n) is 13.0. The summed E-state index contributed by atoms with van der Waals surface area (Å²) in [7, 11) is 0. The van der Waals surface area contributed by atoms with Crippen molar-refractivity contribution in [2.45, 2.75) is 65.6 Å². The summed E-state index contributed by atoms with van der Waals surface area (Å²) in [6.07, 6.45) is 1.79. The fourth-order valence-corrected chi connectivity index (χ4v) is 4.88. The molecule has 8 nitrogen and oxygen atoms in total. The number of carbonyl (C=O) groups is 3. The molecule has 3 heterocycles. The Balaban J connectivity index is 1.41. The second kappa shape index (κ2) is 11.7. The largest absolute Gasteiger partial charge is 0.451 e. The molecule has 4 rings (SSSR count). The molecule has 1 fully saturated rings. The number of carbonyl (C=O) groups excluding carboxylic acids is 3. The fourth-order valence-electron chi connectivity index (χ4n) is 4.88. The summed E-state index contributed by atoms with van der Waals surface area (Å²) < 4.78 is 5.79. The van der Waals surface area contributed by atoms with Crippen LogP contribution in [0.5, 0.6) is 0 Å². The molecule has 2 atom stereocenters. The summed E-state index contributed by atoms with van der Waals surface area (Å²) >= 11 is 0. The number of likely N-dealkylation sites (tertiary alicyclic amines) is 1. The van der Waals surface area contributed by atoms with E-state index in [2.05, 4.69) is 20.5 Å². The van der Waals surface area contributed by atoms with Crippen LogP contribution in [0, 0.1) is 19.8 Å². The van der Waals surface area contributed by atoms with E-state index in [4.69, 9.17) is 4.42 Å². The molecule has 2 N–H and O–H groups in total. The summed E-state index contributed by atoms with van der Waals surface area (Å²) in [6.45, 7) is 9.37. The minimum absolute atomic E-state index is 0.0266. The van der Waals surface area contributed by atoms with E-state index < -0.39 is 18.0 Å². The molecule has 8 heteroatoms. The van der Waals surface area contributed by atoms with Gasteiger partial charge in [0.25, 0.3) is 5.91 Å². The molecule has 2 aromatic heterocycles. The number of aryl methyl sites for hydroxylation is 2. The van der Waals surface area contributed by atoms with Gasteiger partial charge in [-0.15, -0.1) is 0 Å². The minimum atomic E-state index is -0.774. The number of benzene rings is 1. The zero-order valence-corrected chi connectivity index (χ0v) is 22.0. The van der Waals surface area contributed by atoms with E-state index in [1.54, 1.807) is 0 Å². The summed E-state index contributed by atoms with van der Waals surface area (Å²) in [5.74, 6) is -0.439. The van der Waals surface area contributed by atoms with Gasteiger partial charge in [-0.3, -0.25) is 24.3 Å². The Kier molecular flexibility index (Phi) is 8.38. The second-order valence-electron chi connectivity index (χ2n) is 10.4. The summed E-state index contributed by atoms with van der Waals surface area (Å²) in [5, 5.41) is 6.66. The van der Waals surface area contributed by atoms with Crippen molar-refractivity contribution in [2.75, 3.05) is 13.1 Å². The lowest BCUT2D eigenvalue weighted by atomic mass is 10.0. The first-order valence-corrected chi connectivity index (χ1v) is 13.0. The normalized spacial score (nSPS) is 17.5. The van der Waals surface area contributed by atoms with E-state index >= 15 is 0 Å². The Labute approximate surface area is 217 Å². The molecular weight excluding hydrogens is 468 g/mol. The van der Waals surface area contributed by atoms with Gasteiger partial charge in [0.1, 0.15) is 11.6 Å². The van der Waals surface area contributed by atoms with Crippen molar-refractivity contribution in [3.8, 4) is 0 Å². The van der Waals surface area contributed by atoms with Crippen molar-refractivity contribution in [3.63, 3.8) is 0 Å². The van der Waals surface area contributed by atoms with Crippen LogP contribution in [0.3, 0.4) is 0 Å². The predicted molar refractivity (Wildman–Crippen MR) is 142 cm³/mol. The molecule has 1 aromatic carbocycles. The topological polar surface area (TPSA) is 105 Å². The average Bonchev–Trinajstić information content (AvgIpc) is 3.09. The number of ketones is 1. The van der Waals surface area contributed by atoms with E-state index in [9.17, 15) is 14.4 Å². The molecule has 1 aliphatic heterocycles. The van der Waals surface area contributed by atoms with Gasteiger partial charge in [0.2, 0.25) is 5.91 Å². The van der Waals surface area contributed by atoms with Gasteiger partial charge in [0.15, 0.2) is 11.5 Å². The Bertz CT molecular complexity index is 1280. The standard InChI is InChI=1S/C29H36N4O4/c1-18(2)15-24(32-29(36)27-20(4)22-11-5-6-13-26(22)37-27)28(35)31-23-12-8-14-33(17-25(23)34)16-21-10-7-9-19(3)30-21/h5-7,9-11,13,18,23-24H,8,12,14-17H2,1-4H3,(H,31,35)(H,32,36)/t23-,24?/m0/s1. The smallest absolute Gasteiger partial charge is 0.287 e. The van der Waals surface area contributed by atoms with Crippen LogP contribution in [-0.4, -0.2) is 52.7 Å². The first-order chi connectivity index (χ1) is 17.7. The van der Waals surface area contributed by atoms with Gasteiger partial charge in [-0.05, 0) is 63.8 Å². The van der Waals surface area contributed by atoms with Gasteiger partial charge >= 0.3 is 0 Å². The third-order valence-corrected chi connectivity index (χ3v) is 6.76. The Hall–Kier alpha value is -3.52. The molecule has 0 saturated carbocycles. The number of pyridine rings is 1. The molecule has 1 unspecified atom stereocenters. The van der Waals surface area contributed by atoms with Crippen molar-refractivity contribution in [3.05, 3.63) is 65.2 Å². The van der Waals surface area contributed by atoms with Crippen molar-refractivity contribution >= 4 is 28.6 Å². The number of rotatable bonds is 8. The van der Waals surface area contributed by atoms with Crippen LogP contribution in [0.15, 0.2) is 46.9 Å². The van der Waals surface area contributed by atoms with Crippen LogP contribution in [0.1, 0.15) is 60.6 Å². The number of amides is 2. The molecule has 196 valence electrons. The number of nitrogens with one attached hydrogen (secondary N) is 2. The molecular formula is C29H36N4O4. The van der Waals surface area contributed by atoms with Crippen LogP contribution in [0.25, 0.3) is 11.0 Å². The lowest BCUT2D eigenvalue weighted by molar-refractivity contribution is -0.129. The predicted octanol–water partition coefficient (Wildman–Crippen LogP) is 3.94. The van der Waals surface area contributed by atoms with E-state index in [-0.39, 0.29) is 29.9 Å². The number of Topliss-reactive ketones (excluding diaryl/α,β-unsaturated/α-hetero) is 1.